The Balaban J connectivity index is 2.27. The third kappa shape index (κ3) is 5.65. The zero-order valence-electron chi connectivity index (χ0n) is 12.2. The van der Waals surface area contributed by atoms with Gasteiger partial charge in [0.05, 0.1) is 13.2 Å². The molecule has 18 heavy (non-hydrogen) atoms. The lowest BCUT2D eigenvalue weighted by Gasteiger charge is -2.31. The molecule has 0 radical (unpaired) electrons. The van der Waals surface area contributed by atoms with Gasteiger partial charge in [-0.2, -0.15) is 0 Å². The molecular weight excluding hydrogens is 222 g/mol. The van der Waals surface area contributed by atoms with Crippen LogP contribution in [0.25, 0.3) is 0 Å². The third-order valence-corrected chi connectivity index (χ3v) is 3.16. The fourth-order valence-electron chi connectivity index (χ4n) is 1.90. The van der Waals surface area contributed by atoms with Crippen LogP contribution < -0.4 is 5.32 Å². The number of hydrogen-bond donors (Lipinski definition) is 1. The van der Waals surface area contributed by atoms with E-state index in [4.69, 9.17) is 4.74 Å². The van der Waals surface area contributed by atoms with E-state index in [0.717, 1.165) is 26.2 Å². The van der Waals surface area contributed by atoms with E-state index in [1.807, 2.05) is 6.07 Å². The van der Waals surface area contributed by atoms with Crippen LogP contribution in [0.4, 0.5) is 0 Å². The quantitative estimate of drug-likeness (QED) is 0.749. The van der Waals surface area contributed by atoms with Crippen molar-refractivity contribution in [2.24, 2.45) is 5.41 Å². The molecule has 0 fully saturated rings. The second kappa shape index (κ2) is 7.55. The summed E-state index contributed by atoms with van der Waals surface area (Å²) in [6.45, 7) is 11.5. The van der Waals surface area contributed by atoms with Gasteiger partial charge in [0.1, 0.15) is 0 Å². The highest BCUT2D eigenvalue weighted by Gasteiger charge is 2.23. The number of ether oxygens (including phenoxy) is 1. The first-order valence-corrected chi connectivity index (χ1v) is 6.89. The topological polar surface area (TPSA) is 21.3 Å². The van der Waals surface area contributed by atoms with Crippen molar-refractivity contribution >= 4 is 0 Å². The van der Waals surface area contributed by atoms with Crippen LogP contribution in [-0.4, -0.2) is 25.8 Å². The monoisotopic (exact) mass is 249 g/mol. The third-order valence-electron chi connectivity index (χ3n) is 3.16. The van der Waals surface area contributed by atoms with Gasteiger partial charge in [-0.3, -0.25) is 0 Å². The van der Waals surface area contributed by atoms with E-state index < -0.39 is 0 Å². The predicted octanol–water partition coefficient (Wildman–Crippen LogP) is 3.27. The lowest BCUT2D eigenvalue weighted by Crippen LogP contribution is -2.43. The van der Waals surface area contributed by atoms with Crippen molar-refractivity contribution in [2.75, 3.05) is 19.8 Å². The maximum atomic E-state index is 5.82. The van der Waals surface area contributed by atoms with Crippen molar-refractivity contribution in [1.82, 2.24) is 5.32 Å². The van der Waals surface area contributed by atoms with Gasteiger partial charge in [-0.1, -0.05) is 58.0 Å². The van der Waals surface area contributed by atoms with Gasteiger partial charge in [0.2, 0.25) is 0 Å². The Kier molecular flexibility index (Phi) is 6.37. The lowest BCUT2D eigenvalue weighted by atomic mass is 9.87. The Labute approximate surface area is 112 Å². The van der Waals surface area contributed by atoms with Gasteiger partial charge < -0.3 is 10.1 Å². The predicted molar refractivity (Wildman–Crippen MR) is 77.9 cm³/mol. The minimum Gasteiger partial charge on any atom is -0.379 e. The maximum absolute atomic E-state index is 5.82. The first-order valence-electron chi connectivity index (χ1n) is 6.89. The van der Waals surface area contributed by atoms with E-state index in [2.05, 4.69) is 57.3 Å². The van der Waals surface area contributed by atoms with Gasteiger partial charge in [-0.25, -0.2) is 0 Å². The Morgan fingerprint density at radius 1 is 1.17 bits per heavy atom. The highest BCUT2D eigenvalue weighted by Crippen LogP contribution is 2.19. The van der Waals surface area contributed by atoms with Crippen LogP contribution >= 0.6 is 0 Å². The van der Waals surface area contributed by atoms with Gasteiger partial charge in [0.25, 0.3) is 0 Å². The van der Waals surface area contributed by atoms with Crippen molar-refractivity contribution in [1.29, 1.82) is 0 Å². The highest BCUT2D eigenvalue weighted by molar-refractivity contribution is 5.14. The molecule has 1 N–H and O–H groups in total. The average Bonchev–Trinajstić information content (AvgIpc) is 2.33. The van der Waals surface area contributed by atoms with Crippen LogP contribution in [0, 0.1) is 5.41 Å². The Hall–Kier alpha value is -0.860. The molecule has 1 aromatic carbocycles. The molecule has 1 atom stereocenters. The van der Waals surface area contributed by atoms with E-state index in [-0.39, 0.29) is 5.41 Å². The molecule has 0 aliphatic carbocycles. The molecular formula is C16H27NO. The molecule has 0 heterocycles. The summed E-state index contributed by atoms with van der Waals surface area (Å²) in [5.74, 6) is 0. The molecule has 1 rings (SSSR count). The second-order valence-corrected chi connectivity index (χ2v) is 5.79. The van der Waals surface area contributed by atoms with Gasteiger partial charge >= 0.3 is 0 Å². The Morgan fingerprint density at radius 3 is 2.39 bits per heavy atom. The molecule has 0 aliphatic rings. The molecule has 1 unspecified atom stereocenters. The van der Waals surface area contributed by atoms with Crippen molar-refractivity contribution in [3.8, 4) is 0 Å². The van der Waals surface area contributed by atoms with Gasteiger partial charge in [0, 0.05) is 6.04 Å². The molecule has 102 valence electrons. The Morgan fingerprint density at radius 2 is 1.83 bits per heavy atom. The zero-order chi connectivity index (χ0) is 13.4. The van der Waals surface area contributed by atoms with Crippen molar-refractivity contribution in [3.63, 3.8) is 0 Å². The molecule has 0 bridgehead atoms. The van der Waals surface area contributed by atoms with Crippen molar-refractivity contribution in [2.45, 2.75) is 40.2 Å². The van der Waals surface area contributed by atoms with E-state index in [1.54, 1.807) is 0 Å². The number of nitrogens with one attached hydrogen (secondary N) is 1. The van der Waals surface area contributed by atoms with Gasteiger partial charge in [0.15, 0.2) is 0 Å². The summed E-state index contributed by atoms with van der Waals surface area (Å²) in [6.07, 6.45) is 0.990. The standard InChI is InChI=1S/C16H27NO/c1-5-17-15(16(2,3)4)13-18-12-11-14-9-7-6-8-10-14/h6-10,15,17H,5,11-13H2,1-4H3. The van der Waals surface area contributed by atoms with Crippen molar-refractivity contribution < 1.29 is 4.74 Å². The van der Waals surface area contributed by atoms with Crippen molar-refractivity contribution in [3.05, 3.63) is 35.9 Å². The maximum Gasteiger partial charge on any atom is 0.0624 e. The zero-order valence-corrected chi connectivity index (χ0v) is 12.2. The fraction of sp³-hybridized carbons (Fsp3) is 0.625. The minimum absolute atomic E-state index is 0.239. The second-order valence-electron chi connectivity index (χ2n) is 5.79. The van der Waals surface area contributed by atoms with E-state index in [9.17, 15) is 0 Å². The summed E-state index contributed by atoms with van der Waals surface area (Å²) in [6, 6.07) is 10.9. The summed E-state index contributed by atoms with van der Waals surface area (Å²) in [7, 11) is 0. The van der Waals surface area contributed by atoms with E-state index in [1.165, 1.54) is 5.56 Å². The molecule has 0 aromatic heterocycles. The fourth-order valence-corrected chi connectivity index (χ4v) is 1.90. The molecule has 0 amide bonds. The summed E-state index contributed by atoms with van der Waals surface area (Å²) in [4.78, 5) is 0. The molecule has 0 saturated carbocycles. The molecule has 2 heteroatoms. The lowest BCUT2D eigenvalue weighted by molar-refractivity contribution is 0.0780. The largest absolute Gasteiger partial charge is 0.379 e. The molecule has 1 aromatic rings. The van der Waals surface area contributed by atoms with E-state index >= 15 is 0 Å². The summed E-state index contributed by atoms with van der Waals surface area (Å²) < 4.78 is 5.82. The first-order chi connectivity index (χ1) is 8.54. The van der Waals surface area contributed by atoms with Gasteiger partial charge in [-0.15, -0.1) is 0 Å². The minimum atomic E-state index is 0.239. The summed E-state index contributed by atoms with van der Waals surface area (Å²) in [5.41, 5.74) is 1.58. The smallest absolute Gasteiger partial charge is 0.0624 e. The van der Waals surface area contributed by atoms with Gasteiger partial charge in [-0.05, 0) is 23.9 Å². The summed E-state index contributed by atoms with van der Waals surface area (Å²) in [5, 5.41) is 3.50. The number of hydrogen-bond acceptors (Lipinski definition) is 2. The van der Waals surface area contributed by atoms with Crippen LogP contribution in [0.15, 0.2) is 30.3 Å². The molecule has 0 saturated heterocycles. The molecule has 0 aliphatic heterocycles. The SMILES string of the molecule is CCNC(COCCc1ccccc1)C(C)(C)C. The Bertz CT molecular complexity index is 316. The number of likely N-dealkylation sites (N-methyl/N-ethyl adjacent to an activating group) is 1. The van der Waals surface area contributed by atoms with Crippen LogP contribution in [0.3, 0.4) is 0 Å². The van der Waals surface area contributed by atoms with E-state index in [0.29, 0.717) is 6.04 Å². The number of rotatable bonds is 7. The van der Waals surface area contributed by atoms with Crippen LogP contribution in [0.1, 0.15) is 33.3 Å². The average molecular weight is 249 g/mol. The molecule has 2 nitrogen and oxygen atoms in total. The summed E-state index contributed by atoms with van der Waals surface area (Å²) >= 11 is 0. The van der Waals surface area contributed by atoms with Crippen LogP contribution in [0.2, 0.25) is 0 Å². The molecule has 0 spiro atoms. The van der Waals surface area contributed by atoms with Crippen LogP contribution in [-0.2, 0) is 11.2 Å². The normalized spacial score (nSPS) is 13.6. The number of benzene rings is 1. The van der Waals surface area contributed by atoms with Crippen LogP contribution in [0.5, 0.6) is 0 Å². The first kappa shape index (κ1) is 15.2. The highest BCUT2D eigenvalue weighted by atomic mass is 16.5.